The van der Waals surface area contributed by atoms with Crippen LogP contribution in [0.2, 0.25) is 0 Å². The Hall–Kier alpha value is -0.0400. The fraction of sp³-hybridized carbons (Fsp3) is 1.00. The molecule has 0 heterocycles. The van der Waals surface area contributed by atoms with Crippen LogP contribution in [0.25, 0.3) is 0 Å². The maximum Gasteiger partial charge on any atom is 0.0180 e. The molecule has 0 aromatic rings. The molecule has 0 saturated heterocycles. The van der Waals surface area contributed by atoms with Crippen LogP contribution in [0.15, 0.2) is 0 Å². The Kier molecular flexibility index (Phi) is 1.59. The van der Waals surface area contributed by atoms with Crippen LogP contribution < -0.4 is 5.73 Å². The smallest absolute Gasteiger partial charge is 0.0180 e. The molecule has 1 aliphatic rings. The van der Waals surface area contributed by atoms with E-state index in [9.17, 15) is 0 Å². The summed E-state index contributed by atoms with van der Waals surface area (Å²) in [6.45, 7) is 9.05. The van der Waals surface area contributed by atoms with Gasteiger partial charge in [-0.3, -0.25) is 0 Å². The lowest BCUT2D eigenvalue weighted by molar-refractivity contribution is 0.176. The van der Waals surface area contributed by atoms with E-state index in [1.54, 1.807) is 0 Å². The zero-order valence-corrected chi connectivity index (χ0v) is 7.57. The van der Waals surface area contributed by atoms with Crippen LogP contribution >= 0.6 is 0 Å². The first-order valence-corrected chi connectivity index (χ1v) is 4.17. The Morgan fingerprint density at radius 2 is 1.80 bits per heavy atom. The molecule has 1 saturated carbocycles. The number of hydrogen-bond donors (Lipinski definition) is 1. The molecule has 60 valence electrons. The van der Waals surface area contributed by atoms with Crippen molar-refractivity contribution in [3.63, 3.8) is 0 Å². The standard InChI is InChI=1S/C9H19N/c1-7-5-6-9(4,10)8(7,2)3/h7H,5-6,10H2,1-4H3/t7-,9+/m1/s1. The van der Waals surface area contributed by atoms with Gasteiger partial charge in [-0.05, 0) is 31.1 Å². The van der Waals surface area contributed by atoms with Crippen LogP contribution in [-0.2, 0) is 0 Å². The van der Waals surface area contributed by atoms with Gasteiger partial charge in [-0.2, -0.15) is 0 Å². The highest BCUT2D eigenvalue weighted by Crippen LogP contribution is 2.47. The molecule has 0 bridgehead atoms. The Morgan fingerprint density at radius 1 is 1.30 bits per heavy atom. The van der Waals surface area contributed by atoms with Crippen molar-refractivity contribution in [1.82, 2.24) is 0 Å². The third kappa shape index (κ3) is 0.878. The van der Waals surface area contributed by atoms with Crippen molar-refractivity contribution in [2.75, 3.05) is 0 Å². The molecule has 0 radical (unpaired) electrons. The highest BCUT2D eigenvalue weighted by atomic mass is 14.8. The summed E-state index contributed by atoms with van der Waals surface area (Å²) in [6, 6.07) is 0. The Labute approximate surface area is 64.0 Å². The molecule has 0 aromatic heterocycles. The Morgan fingerprint density at radius 3 is 1.90 bits per heavy atom. The maximum atomic E-state index is 6.15. The second kappa shape index (κ2) is 1.97. The van der Waals surface area contributed by atoms with Crippen LogP contribution in [0.3, 0.4) is 0 Å². The number of nitrogens with two attached hydrogens (primary N) is 1. The predicted octanol–water partition coefficient (Wildman–Crippen LogP) is 2.16. The minimum atomic E-state index is 0.0619. The SMILES string of the molecule is C[C@@H]1CC[C@](C)(N)C1(C)C. The molecule has 1 aliphatic carbocycles. The van der Waals surface area contributed by atoms with E-state index in [4.69, 9.17) is 5.73 Å². The molecule has 2 atom stereocenters. The maximum absolute atomic E-state index is 6.15. The first kappa shape index (κ1) is 8.06. The summed E-state index contributed by atoms with van der Waals surface area (Å²) in [5.41, 5.74) is 6.53. The van der Waals surface area contributed by atoms with E-state index in [2.05, 4.69) is 27.7 Å². The van der Waals surface area contributed by atoms with Gasteiger partial charge in [-0.25, -0.2) is 0 Å². The first-order valence-electron chi connectivity index (χ1n) is 4.17. The van der Waals surface area contributed by atoms with Gasteiger partial charge in [0.05, 0.1) is 0 Å². The van der Waals surface area contributed by atoms with E-state index in [0.717, 1.165) is 5.92 Å². The summed E-state index contributed by atoms with van der Waals surface area (Å²) >= 11 is 0. The van der Waals surface area contributed by atoms with Gasteiger partial charge in [0.2, 0.25) is 0 Å². The zero-order chi connectivity index (χ0) is 7.99. The van der Waals surface area contributed by atoms with Crippen molar-refractivity contribution >= 4 is 0 Å². The van der Waals surface area contributed by atoms with Crippen LogP contribution in [0.4, 0.5) is 0 Å². The van der Waals surface area contributed by atoms with Gasteiger partial charge in [0.25, 0.3) is 0 Å². The third-order valence-electron chi connectivity index (χ3n) is 3.80. The molecular formula is C9H19N. The lowest BCUT2D eigenvalue weighted by atomic mass is 9.72. The molecule has 1 rings (SSSR count). The normalized spacial score (nSPS) is 45.9. The van der Waals surface area contributed by atoms with E-state index in [0.29, 0.717) is 5.41 Å². The monoisotopic (exact) mass is 141 g/mol. The molecule has 0 spiro atoms. The van der Waals surface area contributed by atoms with E-state index in [1.165, 1.54) is 12.8 Å². The fourth-order valence-corrected chi connectivity index (χ4v) is 1.76. The lowest BCUT2D eigenvalue weighted by Crippen LogP contribution is -2.47. The second-order valence-electron chi connectivity index (χ2n) is 4.58. The van der Waals surface area contributed by atoms with Crippen molar-refractivity contribution in [2.45, 2.75) is 46.1 Å². The summed E-state index contributed by atoms with van der Waals surface area (Å²) < 4.78 is 0. The molecule has 1 heteroatoms. The van der Waals surface area contributed by atoms with Gasteiger partial charge in [0.15, 0.2) is 0 Å². The summed E-state index contributed by atoms with van der Waals surface area (Å²) in [5.74, 6) is 0.780. The van der Waals surface area contributed by atoms with Gasteiger partial charge >= 0.3 is 0 Å². The topological polar surface area (TPSA) is 26.0 Å². The largest absolute Gasteiger partial charge is 0.325 e. The molecule has 0 aliphatic heterocycles. The molecule has 2 N–H and O–H groups in total. The van der Waals surface area contributed by atoms with E-state index < -0.39 is 0 Å². The quantitative estimate of drug-likeness (QED) is 0.549. The zero-order valence-electron chi connectivity index (χ0n) is 7.57. The van der Waals surface area contributed by atoms with Gasteiger partial charge in [0, 0.05) is 5.54 Å². The predicted molar refractivity (Wildman–Crippen MR) is 44.8 cm³/mol. The number of rotatable bonds is 0. The molecular weight excluding hydrogens is 122 g/mol. The third-order valence-corrected chi connectivity index (χ3v) is 3.80. The molecule has 0 unspecified atom stereocenters. The van der Waals surface area contributed by atoms with Crippen molar-refractivity contribution in [1.29, 1.82) is 0 Å². The van der Waals surface area contributed by atoms with Crippen molar-refractivity contribution < 1.29 is 0 Å². The van der Waals surface area contributed by atoms with Crippen LogP contribution in [0.1, 0.15) is 40.5 Å². The highest BCUT2D eigenvalue weighted by molar-refractivity contribution is 5.02. The van der Waals surface area contributed by atoms with Crippen LogP contribution in [0, 0.1) is 11.3 Å². The molecule has 1 fully saturated rings. The van der Waals surface area contributed by atoms with Crippen molar-refractivity contribution in [2.24, 2.45) is 17.1 Å². The Bertz CT molecular complexity index is 136. The second-order valence-corrected chi connectivity index (χ2v) is 4.58. The Balaban J connectivity index is 2.84. The fourth-order valence-electron chi connectivity index (χ4n) is 1.76. The molecule has 0 amide bonds. The van der Waals surface area contributed by atoms with Crippen LogP contribution in [0.5, 0.6) is 0 Å². The molecule has 1 nitrogen and oxygen atoms in total. The lowest BCUT2D eigenvalue weighted by Gasteiger charge is -2.37. The van der Waals surface area contributed by atoms with Crippen molar-refractivity contribution in [3.8, 4) is 0 Å². The molecule has 0 aromatic carbocycles. The minimum Gasteiger partial charge on any atom is -0.325 e. The van der Waals surface area contributed by atoms with E-state index in [1.807, 2.05) is 0 Å². The van der Waals surface area contributed by atoms with Crippen LogP contribution in [-0.4, -0.2) is 5.54 Å². The van der Waals surface area contributed by atoms with Crippen molar-refractivity contribution in [3.05, 3.63) is 0 Å². The van der Waals surface area contributed by atoms with Gasteiger partial charge in [0.1, 0.15) is 0 Å². The summed E-state index contributed by atoms with van der Waals surface area (Å²) in [5, 5.41) is 0. The average Bonchev–Trinajstić information content (AvgIpc) is 1.94. The summed E-state index contributed by atoms with van der Waals surface area (Å²) in [4.78, 5) is 0. The molecule has 10 heavy (non-hydrogen) atoms. The average molecular weight is 141 g/mol. The summed E-state index contributed by atoms with van der Waals surface area (Å²) in [7, 11) is 0. The van der Waals surface area contributed by atoms with E-state index >= 15 is 0 Å². The summed E-state index contributed by atoms with van der Waals surface area (Å²) in [6.07, 6.45) is 2.47. The first-order chi connectivity index (χ1) is 4.38. The van der Waals surface area contributed by atoms with Gasteiger partial charge in [-0.15, -0.1) is 0 Å². The number of hydrogen-bond acceptors (Lipinski definition) is 1. The van der Waals surface area contributed by atoms with Gasteiger partial charge < -0.3 is 5.73 Å². The van der Waals surface area contributed by atoms with E-state index in [-0.39, 0.29) is 5.54 Å². The highest BCUT2D eigenvalue weighted by Gasteiger charge is 2.46. The van der Waals surface area contributed by atoms with Gasteiger partial charge in [-0.1, -0.05) is 20.8 Å². The minimum absolute atomic E-state index is 0.0619.